The number of anilines is 1. The first kappa shape index (κ1) is 13.8. The van der Waals surface area contributed by atoms with Crippen LogP contribution in [0.5, 0.6) is 0 Å². The minimum absolute atomic E-state index is 0.00570. The Hall–Kier alpha value is -1.66. The van der Waals surface area contributed by atoms with Gasteiger partial charge in [0.15, 0.2) is 0 Å². The molecule has 1 aromatic rings. The summed E-state index contributed by atoms with van der Waals surface area (Å²) in [6, 6.07) is 5.96. The molecule has 102 valence electrons. The molecule has 1 aromatic carbocycles. The van der Waals surface area contributed by atoms with E-state index in [2.05, 4.69) is 11.4 Å². The van der Waals surface area contributed by atoms with E-state index in [1.54, 1.807) is 12.1 Å². The van der Waals surface area contributed by atoms with Gasteiger partial charge in [-0.15, -0.1) is 0 Å². The van der Waals surface area contributed by atoms with Gasteiger partial charge < -0.3 is 5.32 Å². The molecule has 3 N–H and O–H groups in total. The zero-order valence-corrected chi connectivity index (χ0v) is 11.2. The molecular weight excluding hydrogens is 264 g/mol. The van der Waals surface area contributed by atoms with Gasteiger partial charge in [-0.3, -0.25) is 4.79 Å². The van der Waals surface area contributed by atoms with Crippen LogP contribution in [0.2, 0.25) is 0 Å². The van der Waals surface area contributed by atoms with E-state index in [1.165, 1.54) is 12.1 Å². The fourth-order valence-corrected chi connectivity index (χ4v) is 2.59. The topological polar surface area (TPSA) is 89.3 Å². The Labute approximate surface area is 112 Å². The van der Waals surface area contributed by atoms with E-state index in [1.807, 2.05) is 6.08 Å². The molecule has 0 heterocycles. The Balaban J connectivity index is 2.11. The lowest BCUT2D eigenvalue weighted by atomic mass is 9.93. The fraction of sp³-hybridized carbons (Fsp3) is 0.308. The van der Waals surface area contributed by atoms with E-state index < -0.39 is 10.0 Å². The third kappa shape index (κ3) is 3.65. The Kier molecular flexibility index (Phi) is 4.01. The number of carbonyl (C=O) groups excluding carboxylic acids is 1. The number of amides is 1. The third-order valence-electron chi connectivity index (χ3n) is 3.07. The third-order valence-corrected chi connectivity index (χ3v) is 3.98. The Morgan fingerprint density at radius 3 is 2.74 bits per heavy atom. The molecular formula is C13H16N2O3S. The Bertz CT molecular complexity index is 608. The maximum atomic E-state index is 12.0. The van der Waals surface area contributed by atoms with Crippen LogP contribution in [0.25, 0.3) is 0 Å². The summed E-state index contributed by atoms with van der Waals surface area (Å²) in [4.78, 5) is 12.0. The highest BCUT2D eigenvalue weighted by Crippen LogP contribution is 2.21. The van der Waals surface area contributed by atoms with Crippen LogP contribution in [-0.4, -0.2) is 14.3 Å². The number of allylic oxidation sites excluding steroid dienone is 2. The first-order valence-electron chi connectivity index (χ1n) is 6.05. The highest BCUT2D eigenvalue weighted by Gasteiger charge is 2.19. The number of nitrogens with two attached hydrogens (primary N) is 1. The summed E-state index contributed by atoms with van der Waals surface area (Å²) in [6.07, 6.45) is 6.49. The first-order chi connectivity index (χ1) is 8.97. The molecule has 1 unspecified atom stereocenters. The van der Waals surface area contributed by atoms with E-state index in [0.717, 1.165) is 19.3 Å². The molecule has 0 fully saturated rings. The molecule has 19 heavy (non-hydrogen) atoms. The van der Waals surface area contributed by atoms with Crippen LogP contribution in [0, 0.1) is 5.92 Å². The monoisotopic (exact) mass is 280 g/mol. The number of benzene rings is 1. The maximum Gasteiger partial charge on any atom is 0.238 e. The van der Waals surface area contributed by atoms with Crippen molar-refractivity contribution in [1.82, 2.24) is 0 Å². The molecule has 1 amide bonds. The molecule has 1 aliphatic carbocycles. The second-order valence-electron chi connectivity index (χ2n) is 4.54. The minimum Gasteiger partial charge on any atom is -0.326 e. The SMILES string of the molecule is NS(=O)(=O)c1cccc(NC(=O)C2CC=CCC2)c1. The van der Waals surface area contributed by atoms with Gasteiger partial charge in [-0.05, 0) is 37.5 Å². The van der Waals surface area contributed by atoms with Gasteiger partial charge in [-0.25, -0.2) is 13.6 Å². The number of nitrogens with one attached hydrogen (secondary N) is 1. The largest absolute Gasteiger partial charge is 0.326 e. The van der Waals surface area contributed by atoms with Crippen molar-refractivity contribution in [3.8, 4) is 0 Å². The number of sulfonamides is 1. The molecule has 1 aliphatic rings. The van der Waals surface area contributed by atoms with Crippen molar-refractivity contribution in [1.29, 1.82) is 0 Å². The van der Waals surface area contributed by atoms with Crippen molar-refractivity contribution in [3.05, 3.63) is 36.4 Å². The molecule has 0 aromatic heterocycles. The second kappa shape index (κ2) is 5.54. The second-order valence-corrected chi connectivity index (χ2v) is 6.10. The van der Waals surface area contributed by atoms with Gasteiger partial charge in [0.2, 0.25) is 15.9 Å². The van der Waals surface area contributed by atoms with Crippen LogP contribution in [0.15, 0.2) is 41.3 Å². The van der Waals surface area contributed by atoms with E-state index in [9.17, 15) is 13.2 Å². The van der Waals surface area contributed by atoms with Gasteiger partial charge in [0.05, 0.1) is 4.90 Å². The van der Waals surface area contributed by atoms with Crippen LogP contribution in [0.1, 0.15) is 19.3 Å². The molecule has 5 nitrogen and oxygen atoms in total. The number of carbonyl (C=O) groups is 1. The summed E-state index contributed by atoms with van der Waals surface area (Å²) in [5.74, 6) is -0.140. The molecule has 2 rings (SSSR count). The quantitative estimate of drug-likeness (QED) is 0.825. The van der Waals surface area contributed by atoms with Gasteiger partial charge in [0.25, 0.3) is 0 Å². The lowest BCUT2D eigenvalue weighted by Crippen LogP contribution is -2.23. The number of hydrogen-bond acceptors (Lipinski definition) is 3. The van der Waals surface area contributed by atoms with Gasteiger partial charge in [-0.1, -0.05) is 18.2 Å². The smallest absolute Gasteiger partial charge is 0.238 e. The Morgan fingerprint density at radius 2 is 2.11 bits per heavy atom. The fourth-order valence-electron chi connectivity index (χ4n) is 2.03. The minimum atomic E-state index is -3.75. The molecule has 0 saturated carbocycles. The normalized spacial score (nSPS) is 19.1. The van der Waals surface area contributed by atoms with Gasteiger partial charge >= 0.3 is 0 Å². The van der Waals surface area contributed by atoms with Crippen molar-refractivity contribution in [3.63, 3.8) is 0 Å². The van der Waals surface area contributed by atoms with E-state index >= 15 is 0 Å². The molecule has 0 radical (unpaired) electrons. The van der Waals surface area contributed by atoms with Crippen molar-refractivity contribution in [2.45, 2.75) is 24.2 Å². The average molecular weight is 280 g/mol. The van der Waals surface area contributed by atoms with E-state index in [4.69, 9.17) is 5.14 Å². The van der Waals surface area contributed by atoms with Gasteiger partial charge in [0, 0.05) is 11.6 Å². The van der Waals surface area contributed by atoms with Crippen LogP contribution < -0.4 is 10.5 Å². The summed E-state index contributed by atoms with van der Waals surface area (Å²) >= 11 is 0. The van der Waals surface area contributed by atoms with Crippen LogP contribution >= 0.6 is 0 Å². The lowest BCUT2D eigenvalue weighted by Gasteiger charge is -2.17. The van der Waals surface area contributed by atoms with E-state index in [-0.39, 0.29) is 16.7 Å². The molecule has 0 spiro atoms. The summed E-state index contributed by atoms with van der Waals surface area (Å²) in [5, 5.41) is 7.78. The van der Waals surface area contributed by atoms with Gasteiger partial charge in [-0.2, -0.15) is 0 Å². The summed E-state index contributed by atoms with van der Waals surface area (Å²) < 4.78 is 22.5. The average Bonchev–Trinajstić information content (AvgIpc) is 2.39. The molecule has 0 saturated heterocycles. The predicted molar refractivity (Wildman–Crippen MR) is 72.9 cm³/mol. The zero-order valence-electron chi connectivity index (χ0n) is 10.4. The predicted octanol–water partition coefficient (Wildman–Crippen LogP) is 1.63. The highest BCUT2D eigenvalue weighted by atomic mass is 32.2. The summed E-state index contributed by atoms with van der Waals surface area (Å²) in [7, 11) is -3.75. The summed E-state index contributed by atoms with van der Waals surface area (Å²) in [6.45, 7) is 0. The maximum absolute atomic E-state index is 12.0. The van der Waals surface area contributed by atoms with Gasteiger partial charge in [0.1, 0.15) is 0 Å². The number of primary sulfonamides is 1. The van der Waals surface area contributed by atoms with Crippen LogP contribution in [-0.2, 0) is 14.8 Å². The molecule has 0 aliphatic heterocycles. The molecule has 1 atom stereocenters. The first-order valence-corrected chi connectivity index (χ1v) is 7.60. The van der Waals surface area contributed by atoms with Crippen molar-refractivity contribution < 1.29 is 13.2 Å². The standard InChI is InChI=1S/C13H16N2O3S/c14-19(17,18)12-8-4-7-11(9-12)15-13(16)10-5-2-1-3-6-10/h1-2,4,7-10H,3,5-6H2,(H,15,16)(H2,14,17,18). The van der Waals surface area contributed by atoms with Crippen LogP contribution in [0.3, 0.4) is 0 Å². The molecule has 0 bridgehead atoms. The zero-order chi connectivity index (χ0) is 13.9. The van der Waals surface area contributed by atoms with Crippen molar-refractivity contribution in [2.75, 3.05) is 5.32 Å². The number of hydrogen-bond donors (Lipinski definition) is 2. The Morgan fingerprint density at radius 1 is 1.32 bits per heavy atom. The highest BCUT2D eigenvalue weighted by molar-refractivity contribution is 7.89. The van der Waals surface area contributed by atoms with Crippen molar-refractivity contribution >= 4 is 21.6 Å². The lowest BCUT2D eigenvalue weighted by molar-refractivity contribution is -0.120. The number of rotatable bonds is 3. The van der Waals surface area contributed by atoms with Crippen LogP contribution in [0.4, 0.5) is 5.69 Å². The van der Waals surface area contributed by atoms with Crippen molar-refractivity contribution in [2.24, 2.45) is 11.1 Å². The van der Waals surface area contributed by atoms with E-state index in [0.29, 0.717) is 5.69 Å². The molecule has 6 heteroatoms. The summed E-state index contributed by atoms with van der Waals surface area (Å²) in [5.41, 5.74) is 0.450.